The summed E-state index contributed by atoms with van der Waals surface area (Å²) in [5.41, 5.74) is 3.19. The van der Waals surface area contributed by atoms with Gasteiger partial charge in [0.2, 0.25) is 0 Å². The maximum absolute atomic E-state index is 12.7. The van der Waals surface area contributed by atoms with Gasteiger partial charge < -0.3 is 5.32 Å². The van der Waals surface area contributed by atoms with Crippen LogP contribution in [0.1, 0.15) is 37.3 Å². The third kappa shape index (κ3) is 2.97. The lowest BCUT2D eigenvalue weighted by atomic mass is 9.96. The van der Waals surface area contributed by atoms with Crippen molar-refractivity contribution in [2.45, 2.75) is 38.6 Å². The number of imide groups is 1. The number of rotatable bonds is 4. The van der Waals surface area contributed by atoms with E-state index in [1.54, 1.807) is 0 Å². The molecule has 1 aromatic carbocycles. The van der Waals surface area contributed by atoms with Gasteiger partial charge in [0, 0.05) is 13.1 Å². The van der Waals surface area contributed by atoms with Gasteiger partial charge in [0.1, 0.15) is 5.54 Å². The highest BCUT2D eigenvalue weighted by molar-refractivity contribution is 6.07. The molecule has 2 fully saturated rings. The number of benzene rings is 1. The zero-order valence-corrected chi connectivity index (χ0v) is 14.9. The molecule has 1 atom stereocenters. The molecular formula is C20H25N3O2. The van der Waals surface area contributed by atoms with Crippen LogP contribution in [0.15, 0.2) is 30.3 Å². The number of hydrogen-bond acceptors (Lipinski definition) is 3. The standard InChI is InChI=1S/C20H25N3O2/c1-14-3-5-15(6-4-14)16-9-11-22(12-10-16)13-23-18(24)20(2,17-7-8-17)21-19(23)25/h3-6,9,17H,7-8,10-13H2,1-2H3,(H,21,25)/t20-/m1/s1. The van der Waals surface area contributed by atoms with E-state index < -0.39 is 5.54 Å². The Morgan fingerprint density at radius 3 is 2.52 bits per heavy atom. The summed E-state index contributed by atoms with van der Waals surface area (Å²) in [6, 6.07) is 8.35. The number of nitrogens with one attached hydrogen (secondary N) is 1. The van der Waals surface area contributed by atoms with Crippen LogP contribution in [0.3, 0.4) is 0 Å². The number of aryl methyl sites for hydroxylation is 1. The molecule has 25 heavy (non-hydrogen) atoms. The summed E-state index contributed by atoms with van der Waals surface area (Å²) in [6.45, 7) is 5.97. The van der Waals surface area contributed by atoms with Crippen LogP contribution < -0.4 is 5.32 Å². The molecule has 1 saturated carbocycles. The first-order valence-electron chi connectivity index (χ1n) is 9.10. The Morgan fingerprint density at radius 2 is 1.92 bits per heavy atom. The van der Waals surface area contributed by atoms with Gasteiger partial charge in [-0.25, -0.2) is 9.69 Å². The fraction of sp³-hybridized carbons (Fsp3) is 0.500. The molecule has 0 unspecified atom stereocenters. The quantitative estimate of drug-likeness (QED) is 0.858. The maximum atomic E-state index is 12.7. The van der Waals surface area contributed by atoms with Crippen molar-refractivity contribution in [1.29, 1.82) is 0 Å². The summed E-state index contributed by atoms with van der Waals surface area (Å²) in [5.74, 6) is 0.247. The van der Waals surface area contributed by atoms with Gasteiger partial charge in [-0.2, -0.15) is 0 Å². The van der Waals surface area contributed by atoms with Crippen molar-refractivity contribution in [3.05, 3.63) is 41.5 Å². The minimum atomic E-state index is -0.685. The van der Waals surface area contributed by atoms with Crippen LogP contribution in [-0.4, -0.2) is 47.0 Å². The number of amides is 3. The summed E-state index contributed by atoms with van der Waals surface area (Å²) >= 11 is 0. The second-order valence-corrected chi connectivity index (χ2v) is 7.70. The van der Waals surface area contributed by atoms with E-state index in [-0.39, 0.29) is 11.9 Å². The normalized spacial score (nSPS) is 27.4. The number of hydrogen-bond donors (Lipinski definition) is 1. The van der Waals surface area contributed by atoms with Crippen molar-refractivity contribution in [1.82, 2.24) is 15.1 Å². The lowest BCUT2D eigenvalue weighted by Gasteiger charge is -2.29. The summed E-state index contributed by atoms with van der Waals surface area (Å²) < 4.78 is 0. The van der Waals surface area contributed by atoms with E-state index in [9.17, 15) is 9.59 Å². The predicted molar refractivity (Wildman–Crippen MR) is 96.7 cm³/mol. The number of nitrogens with zero attached hydrogens (tertiary/aromatic N) is 2. The van der Waals surface area contributed by atoms with Gasteiger partial charge in [-0.1, -0.05) is 35.9 Å². The molecule has 1 aliphatic carbocycles. The SMILES string of the molecule is Cc1ccc(C2=CCN(CN3C(=O)N[C@](C)(C4CC4)C3=O)CC2)cc1. The number of carbonyl (C=O) groups excluding carboxylic acids is 2. The molecule has 5 heteroatoms. The average Bonchev–Trinajstić information content (AvgIpc) is 3.43. The van der Waals surface area contributed by atoms with Crippen LogP contribution in [0.25, 0.3) is 5.57 Å². The van der Waals surface area contributed by atoms with Gasteiger partial charge in [-0.3, -0.25) is 9.69 Å². The largest absolute Gasteiger partial charge is 0.326 e. The van der Waals surface area contributed by atoms with E-state index in [0.717, 1.165) is 32.4 Å². The van der Waals surface area contributed by atoms with Crippen LogP contribution in [0.5, 0.6) is 0 Å². The van der Waals surface area contributed by atoms with Crippen LogP contribution >= 0.6 is 0 Å². The molecule has 3 amide bonds. The molecule has 1 aromatic rings. The zero-order valence-electron chi connectivity index (χ0n) is 14.9. The van der Waals surface area contributed by atoms with E-state index in [1.165, 1.54) is 21.6 Å². The van der Waals surface area contributed by atoms with Crippen molar-refractivity contribution < 1.29 is 9.59 Å². The number of urea groups is 1. The molecule has 2 heterocycles. The van der Waals surface area contributed by atoms with Crippen molar-refractivity contribution >= 4 is 17.5 Å². The topological polar surface area (TPSA) is 52.6 Å². The Balaban J connectivity index is 1.41. The molecular weight excluding hydrogens is 314 g/mol. The van der Waals surface area contributed by atoms with Crippen molar-refractivity contribution in [2.75, 3.05) is 19.8 Å². The van der Waals surface area contributed by atoms with Crippen LogP contribution in [-0.2, 0) is 4.79 Å². The second-order valence-electron chi connectivity index (χ2n) is 7.70. The lowest BCUT2D eigenvalue weighted by Crippen LogP contribution is -2.47. The highest BCUT2D eigenvalue weighted by atomic mass is 16.2. The molecule has 132 valence electrons. The molecule has 0 aromatic heterocycles. The third-order valence-electron chi connectivity index (χ3n) is 5.75. The fourth-order valence-electron chi connectivity index (χ4n) is 3.85. The molecule has 1 saturated heterocycles. The lowest BCUT2D eigenvalue weighted by molar-refractivity contribution is -0.132. The van der Waals surface area contributed by atoms with Gasteiger partial charge in [-0.05, 0) is 50.2 Å². The van der Waals surface area contributed by atoms with Gasteiger partial charge in [0.15, 0.2) is 0 Å². The second kappa shape index (κ2) is 5.99. The van der Waals surface area contributed by atoms with E-state index in [1.807, 2.05) is 6.92 Å². The Bertz CT molecular complexity index is 736. The monoisotopic (exact) mass is 339 g/mol. The van der Waals surface area contributed by atoms with Crippen molar-refractivity contribution in [3.8, 4) is 0 Å². The molecule has 4 rings (SSSR count). The van der Waals surface area contributed by atoms with Gasteiger partial charge in [0.05, 0.1) is 6.67 Å². The molecule has 5 nitrogen and oxygen atoms in total. The van der Waals surface area contributed by atoms with Crippen LogP contribution in [0.2, 0.25) is 0 Å². The van der Waals surface area contributed by atoms with Gasteiger partial charge in [-0.15, -0.1) is 0 Å². The minimum Gasteiger partial charge on any atom is -0.323 e. The molecule has 3 aliphatic rings. The van der Waals surface area contributed by atoms with Crippen LogP contribution in [0, 0.1) is 12.8 Å². The Labute approximate surface area is 148 Å². The van der Waals surface area contributed by atoms with Crippen molar-refractivity contribution in [3.63, 3.8) is 0 Å². The molecule has 0 spiro atoms. The first kappa shape index (κ1) is 16.3. The first-order chi connectivity index (χ1) is 12.0. The third-order valence-corrected chi connectivity index (χ3v) is 5.75. The van der Waals surface area contributed by atoms with Gasteiger partial charge >= 0.3 is 6.03 Å². The molecule has 0 bridgehead atoms. The first-order valence-corrected chi connectivity index (χ1v) is 9.10. The summed E-state index contributed by atoms with van der Waals surface area (Å²) in [6.07, 6.45) is 5.21. The average molecular weight is 339 g/mol. The molecule has 2 aliphatic heterocycles. The van der Waals surface area contributed by atoms with Gasteiger partial charge in [0.25, 0.3) is 5.91 Å². The highest BCUT2D eigenvalue weighted by Crippen LogP contribution is 2.42. The van der Waals surface area contributed by atoms with Crippen molar-refractivity contribution in [2.24, 2.45) is 5.92 Å². The van der Waals surface area contributed by atoms with E-state index in [4.69, 9.17) is 0 Å². The molecule has 0 radical (unpaired) electrons. The van der Waals surface area contributed by atoms with E-state index in [2.05, 4.69) is 47.5 Å². The highest BCUT2D eigenvalue weighted by Gasteiger charge is 2.56. The summed E-state index contributed by atoms with van der Waals surface area (Å²) in [5, 5.41) is 2.92. The minimum absolute atomic E-state index is 0.0617. The Morgan fingerprint density at radius 1 is 1.20 bits per heavy atom. The maximum Gasteiger partial charge on any atom is 0.326 e. The van der Waals surface area contributed by atoms with Crippen LogP contribution in [0.4, 0.5) is 4.79 Å². The summed E-state index contributed by atoms with van der Waals surface area (Å²) in [7, 11) is 0. The Hall–Kier alpha value is -2.14. The van der Waals surface area contributed by atoms with E-state index >= 15 is 0 Å². The smallest absolute Gasteiger partial charge is 0.323 e. The fourth-order valence-corrected chi connectivity index (χ4v) is 3.85. The van der Waals surface area contributed by atoms with E-state index in [0.29, 0.717) is 12.6 Å². The summed E-state index contributed by atoms with van der Waals surface area (Å²) in [4.78, 5) is 28.5. The zero-order chi connectivity index (χ0) is 17.6. The Kier molecular flexibility index (Phi) is 3.91. The number of carbonyl (C=O) groups is 2. The predicted octanol–water partition coefficient (Wildman–Crippen LogP) is 2.76. The molecule has 1 N–H and O–H groups in total.